The summed E-state index contributed by atoms with van der Waals surface area (Å²) in [5, 5.41) is 0. The molecule has 0 radical (unpaired) electrons. The number of benzene rings is 2. The Labute approximate surface area is 186 Å². The van der Waals surface area contributed by atoms with Crippen molar-refractivity contribution < 1.29 is 16.8 Å². The number of hydrogen-bond acceptors (Lipinski definition) is 4. The molecule has 2 rings (SSSR count). The Hall–Kier alpha value is -2.62. The van der Waals surface area contributed by atoms with E-state index >= 15 is 0 Å². The molecule has 0 aliphatic carbocycles. The van der Waals surface area contributed by atoms with Gasteiger partial charge in [-0.05, 0) is 48.3 Å². The average molecular weight is 457 g/mol. The highest BCUT2D eigenvalue weighted by Gasteiger charge is 2.56. The molecular formula is C25H28O4S2. The van der Waals surface area contributed by atoms with E-state index in [1.165, 1.54) is 24.3 Å². The van der Waals surface area contributed by atoms with Crippen molar-refractivity contribution in [1.82, 2.24) is 0 Å². The third-order valence-electron chi connectivity index (χ3n) is 5.41. The molecule has 6 heteroatoms. The first kappa shape index (κ1) is 24.6. The van der Waals surface area contributed by atoms with E-state index in [0.29, 0.717) is 24.0 Å². The molecule has 0 bridgehead atoms. The van der Waals surface area contributed by atoms with Gasteiger partial charge in [-0.25, -0.2) is 16.8 Å². The third-order valence-corrected chi connectivity index (χ3v) is 11.0. The summed E-state index contributed by atoms with van der Waals surface area (Å²) in [6, 6.07) is 15.4. The van der Waals surface area contributed by atoms with E-state index in [2.05, 4.69) is 24.6 Å². The first-order chi connectivity index (χ1) is 14.7. The minimum atomic E-state index is -4.36. The maximum Gasteiger partial charge on any atom is 0.199 e. The highest BCUT2D eigenvalue weighted by molar-refractivity contribution is 8.10. The highest BCUT2D eigenvalue weighted by atomic mass is 32.3. The minimum absolute atomic E-state index is 0.0477. The molecule has 0 unspecified atom stereocenters. The van der Waals surface area contributed by atoms with Crippen LogP contribution in [0.15, 0.2) is 106 Å². The van der Waals surface area contributed by atoms with Gasteiger partial charge in [0.2, 0.25) is 0 Å². The first-order valence-corrected chi connectivity index (χ1v) is 13.0. The van der Waals surface area contributed by atoms with E-state index in [9.17, 15) is 16.8 Å². The van der Waals surface area contributed by atoms with Crippen molar-refractivity contribution in [3.8, 4) is 0 Å². The second-order valence-corrected chi connectivity index (χ2v) is 11.9. The van der Waals surface area contributed by atoms with Gasteiger partial charge in [-0.3, -0.25) is 0 Å². The monoisotopic (exact) mass is 456 g/mol. The lowest BCUT2D eigenvalue weighted by Crippen LogP contribution is -2.47. The number of sulfone groups is 2. The van der Waals surface area contributed by atoms with Crippen LogP contribution in [-0.4, -0.2) is 20.9 Å². The van der Waals surface area contributed by atoms with Crippen LogP contribution in [0.4, 0.5) is 0 Å². The summed E-state index contributed by atoms with van der Waals surface area (Å²) in [4.78, 5) is -0.0953. The van der Waals surface area contributed by atoms with Gasteiger partial charge < -0.3 is 0 Å². The maximum absolute atomic E-state index is 14.1. The molecule has 0 amide bonds. The molecule has 0 spiro atoms. The summed E-state index contributed by atoms with van der Waals surface area (Å²) in [5.41, 5.74) is 6.56. The van der Waals surface area contributed by atoms with Gasteiger partial charge in [0.05, 0.1) is 9.79 Å². The summed E-state index contributed by atoms with van der Waals surface area (Å²) in [6.45, 7) is 11.0. The summed E-state index contributed by atoms with van der Waals surface area (Å²) < 4.78 is 54.2. The van der Waals surface area contributed by atoms with Crippen LogP contribution in [0.3, 0.4) is 0 Å². The number of allylic oxidation sites excluding steroid dienone is 2. The smallest absolute Gasteiger partial charge is 0.199 e. The Morgan fingerprint density at radius 2 is 1.03 bits per heavy atom. The predicted molar refractivity (Wildman–Crippen MR) is 125 cm³/mol. The van der Waals surface area contributed by atoms with Gasteiger partial charge in [0.25, 0.3) is 0 Å². The Balaban J connectivity index is 3.01. The average Bonchev–Trinajstić information content (AvgIpc) is 2.80. The van der Waals surface area contributed by atoms with Gasteiger partial charge >= 0.3 is 0 Å². The summed E-state index contributed by atoms with van der Waals surface area (Å²) in [5.74, 6) is 0. The molecule has 2 aromatic rings. The lowest BCUT2D eigenvalue weighted by atomic mass is 10.0. The molecule has 0 aliphatic heterocycles. The van der Waals surface area contributed by atoms with E-state index in [1.807, 2.05) is 13.8 Å². The van der Waals surface area contributed by atoms with Crippen LogP contribution in [0.2, 0.25) is 0 Å². The standard InChI is InChI=1S/C25H28O4S2/c1-5-21(6-2)19-25(20-22(7-3)8-4,30(26,27)23-15-11-9-12-16-23)31(28,29)24-17-13-10-14-18-24/h9-18H,1,3,6,8,19-20H2,2,4H3. The predicted octanol–water partition coefficient (Wildman–Crippen LogP) is 5.65. The lowest BCUT2D eigenvalue weighted by Gasteiger charge is -2.34. The van der Waals surface area contributed by atoms with Crippen LogP contribution in [-0.2, 0) is 19.7 Å². The molecule has 4 nitrogen and oxygen atoms in total. The van der Waals surface area contributed by atoms with Gasteiger partial charge in [-0.1, -0.05) is 63.4 Å². The SMILES string of the molecule is C=C=C(CC)CC(CC(=C=C)CC)(S(=O)(=O)c1ccccc1)S(=O)(=O)c1ccccc1. The molecule has 0 heterocycles. The van der Waals surface area contributed by atoms with Crippen LogP contribution >= 0.6 is 0 Å². The molecule has 0 saturated heterocycles. The van der Waals surface area contributed by atoms with Crippen molar-refractivity contribution in [2.24, 2.45) is 0 Å². The van der Waals surface area contributed by atoms with Crippen molar-refractivity contribution >= 4 is 19.7 Å². The third kappa shape index (κ3) is 4.68. The molecule has 2 aromatic carbocycles. The molecule has 31 heavy (non-hydrogen) atoms. The molecule has 0 saturated carbocycles. The lowest BCUT2D eigenvalue weighted by molar-refractivity contribution is 0.527. The van der Waals surface area contributed by atoms with Gasteiger partial charge in [-0.15, -0.1) is 11.5 Å². The summed E-state index contributed by atoms with van der Waals surface area (Å²) in [7, 11) is -8.73. The van der Waals surface area contributed by atoms with Crippen LogP contribution in [0.5, 0.6) is 0 Å². The highest BCUT2D eigenvalue weighted by Crippen LogP contribution is 2.45. The van der Waals surface area contributed by atoms with Gasteiger partial charge in [0, 0.05) is 12.8 Å². The fraction of sp³-hybridized carbons (Fsp3) is 0.280. The van der Waals surface area contributed by atoms with Crippen molar-refractivity contribution in [3.05, 3.63) is 96.4 Å². The quantitative estimate of drug-likeness (QED) is 0.433. The Kier molecular flexibility index (Phi) is 8.05. The van der Waals surface area contributed by atoms with Gasteiger partial charge in [-0.2, -0.15) is 0 Å². The first-order valence-electron chi connectivity index (χ1n) is 10.0. The molecule has 0 fully saturated rings. The van der Waals surface area contributed by atoms with Crippen molar-refractivity contribution in [2.45, 2.75) is 53.4 Å². The topological polar surface area (TPSA) is 68.3 Å². The zero-order chi connectivity index (χ0) is 23.1. The summed E-state index contributed by atoms with van der Waals surface area (Å²) in [6.07, 6.45) is 0.373. The normalized spacial score (nSPS) is 11.9. The van der Waals surface area contributed by atoms with E-state index in [4.69, 9.17) is 0 Å². The second kappa shape index (κ2) is 10.1. The van der Waals surface area contributed by atoms with Crippen LogP contribution in [0, 0.1) is 0 Å². The molecule has 0 N–H and O–H groups in total. The minimum Gasteiger partial charge on any atom is -0.222 e. The number of rotatable bonds is 10. The number of hydrogen-bond donors (Lipinski definition) is 0. The molecule has 0 aliphatic rings. The second-order valence-electron chi connectivity index (χ2n) is 7.16. The maximum atomic E-state index is 14.1. The molecule has 0 atom stereocenters. The molecular weight excluding hydrogens is 428 g/mol. The fourth-order valence-electron chi connectivity index (χ4n) is 3.49. The van der Waals surface area contributed by atoms with E-state index in [1.54, 1.807) is 36.4 Å². The van der Waals surface area contributed by atoms with Gasteiger partial charge in [0.1, 0.15) is 0 Å². The Morgan fingerprint density at radius 1 is 0.710 bits per heavy atom. The largest absolute Gasteiger partial charge is 0.222 e. The van der Waals surface area contributed by atoms with Gasteiger partial charge in [0.15, 0.2) is 23.8 Å². The molecule has 0 aromatic heterocycles. The van der Waals surface area contributed by atoms with E-state index < -0.39 is 23.8 Å². The van der Waals surface area contributed by atoms with E-state index in [-0.39, 0.29) is 22.6 Å². The molecule has 164 valence electrons. The zero-order valence-corrected chi connectivity index (χ0v) is 19.6. The van der Waals surface area contributed by atoms with Crippen LogP contribution < -0.4 is 0 Å². The van der Waals surface area contributed by atoms with Crippen molar-refractivity contribution in [3.63, 3.8) is 0 Å². The van der Waals surface area contributed by atoms with Crippen molar-refractivity contribution in [2.75, 3.05) is 0 Å². The fourth-order valence-corrected chi connectivity index (χ4v) is 8.57. The summed E-state index contributed by atoms with van der Waals surface area (Å²) >= 11 is 0. The van der Waals surface area contributed by atoms with E-state index in [0.717, 1.165) is 0 Å². The Morgan fingerprint density at radius 3 is 1.29 bits per heavy atom. The van der Waals surface area contributed by atoms with Crippen LogP contribution in [0.1, 0.15) is 39.5 Å². The van der Waals surface area contributed by atoms with Crippen LogP contribution in [0.25, 0.3) is 0 Å². The Bertz CT molecular complexity index is 1110. The zero-order valence-electron chi connectivity index (χ0n) is 18.0. The van der Waals surface area contributed by atoms with Crippen molar-refractivity contribution in [1.29, 1.82) is 0 Å².